The molecule has 0 saturated heterocycles. The van der Waals surface area contributed by atoms with Crippen LogP contribution in [-0.4, -0.2) is 21.7 Å². The van der Waals surface area contributed by atoms with E-state index in [1.807, 2.05) is 0 Å². The molecule has 132 valence electrons. The molecule has 9 heteroatoms. The van der Waals surface area contributed by atoms with Crippen LogP contribution in [-0.2, 0) is 4.79 Å². The zero-order valence-electron chi connectivity index (χ0n) is 13.9. The van der Waals surface area contributed by atoms with Gasteiger partial charge in [-0.3, -0.25) is 25.0 Å². The second kappa shape index (κ2) is 6.89. The van der Waals surface area contributed by atoms with Crippen molar-refractivity contribution < 1.29 is 14.5 Å². The lowest BCUT2D eigenvalue weighted by Crippen LogP contribution is -2.12. The first-order chi connectivity index (χ1) is 12.3. The maximum Gasteiger partial charge on any atom is 0.272 e. The molecule has 3 aromatic rings. The normalized spacial score (nSPS) is 10.5. The minimum absolute atomic E-state index is 0.0352. The largest absolute Gasteiger partial charge is 0.326 e. The van der Waals surface area contributed by atoms with E-state index in [0.29, 0.717) is 27.5 Å². The molecular weight excluding hydrogens is 356 g/mol. The van der Waals surface area contributed by atoms with Gasteiger partial charge in [0.05, 0.1) is 15.1 Å². The third-order valence-electron chi connectivity index (χ3n) is 3.58. The molecule has 2 N–H and O–H groups in total. The Morgan fingerprint density at radius 1 is 1.15 bits per heavy atom. The number of hydrogen-bond donors (Lipinski definition) is 2. The zero-order chi connectivity index (χ0) is 18.8. The molecule has 1 aromatic heterocycles. The molecule has 2 aromatic carbocycles. The Hall–Kier alpha value is -3.33. The van der Waals surface area contributed by atoms with Crippen LogP contribution in [0.5, 0.6) is 0 Å². The number of thiazole rings is 1. The number of rotatable bonds is 4. The van der Waals surface area contributed by atoms with Crippen LogP contribution in [0, 0.1) is 17.0 Å². The monoisotopic (exact) mass is 370 g/mol. The van der Waals surface area contributed by atoms with Crippen LogP contribution in [0.25, 0.3) is 10.2 Å². The molecule has 0 unspecified atom stereocenters. The van der Waals surface area contributed by atoms with Crippen molar-refractivity contribution in [1.82, 2.24) is 4.98 Å². The number of aromatic nitrogens is 1. The van der Waals surface area contributed by atoms with Gasteiger partial charge in [0.1, 0.15) is 0 Å². The summed E-state index contributed by atoms with van der Waals surface area (Å²) in [7, 11) is 0. The Bertz CT molecular complexity index is 1040. The summed E-state index contributed by atoms with van der Waals surface area (Å²) in [5.41, 5.74) is 2.03. The standard InChI is InChI=1S/C17H14N4O4S/c1-9-7-11(3-6-14(9)21(24)25)16(23)20-17-19-13-5-4-12(18-10(2)22)8-15(13)26-17/h3-8H,1-2H3,(H,18,22)(H,19,20,23). The summed E-state index contributed by atoms with van der Waals surface area (Å²) in [6.07, 6.45) is 0. The number of anilines is 2. The fourth-order valence-corrected chi connectivity index (χ4v) is 3.33. The van der Waals surface area contributed by atoms with E-state index >= 15 is 0 Å². The lowest BCUT2D eigenvalue weighted by atomic mass is 10.1. The Labute approximate surface area is 152 Å². The second-order valence-electron chi connectivity index (χ2n) is 5.60. The Balaban J connectivity index is 1.82. The highest BCUT2D eigenvalue weighted by molar-refractivity contribution is 7.22. The number of aryl methyl sites for hydroxylation is 1. The number of hydrogen-bond acceptors (Lipinski definition) is 6. The van der Waals surface area contributed by atoms with Crippen molar-refractivity contribution in [3.05, 3.63) is 57.6 Å². The smallest absolute Gasteiger partial charge is 0.272 e. The molecule has 0 aliphatic rings. The van der Waals surface area contributed by atoms with E-state index in [1.54, 1.807) is 25.1 Å². The summed E-state index contributed by atoms with van der Waals surface area (Å²) in [5, 5.41) is 16.6. The van der Waals surface area contributed by atoms with E-state index in [0.717, 1.165) is 4.70 Å². The highest BCUT2D eigenvalue weighted by atomic mass is 32.1. The molecule has 0 radical (unpaired) electrons. The minimum atomic E-state index is -0.489. The Morgan fingerprint density at radius 2 is 1.92 bits per heavy atom. The molecule has 0 fully saturated rings. The van der Waals surface area contributed by atoms with Crippen LogP contribution in [0.4, 0.5) is 16.5 Å². The van der Waals surface area contributed by atoms with Crippen molar-refractivity contribution in [2.45, 2.75) is 13.8 Å². The molecule has 3 rings (SSSR count). The zero-order valence-corrected chi connectivity index (χ0v) is 14.7. The van der Waals surface area contributed by atoms with Crippen molar-refractivity contribution in [2.75, 3.05) is 10.6 Å². The summed E-state index contributed by atoms with van der Waals surface area (Å²) in [6.45, 7) is 3.00. The predicted octanol–water partition coefficient (Wildman–Crippen LogP) is 3.72. The fourth-order valence-electron chi connectivity index (χ4n) is 2.43. The number of amides is 2. The number of nitrogens with one attached hydrogen (secondary N) is 2. The summed E-state index contributed by atoms with van der Waals surface area (Å²) in [5.74, 6) is -0.569. The van der Waals surface area contributed by atoms with E-state index in [-0.39, 0.29) is 11.6 Å². The molecule has 26 heavy (non-hydrogen) atoms. The summed E-state index contributed by atoms with van der Waals surface area (Å²) in [6, 6.07) is 9.44. The van der Waals surface area contributed by atoms with Gasteiger partial charge in [0.2, 0.25) is 5.91 Å². The van der Waals surface area contributed by atoms with Gasteiger partial charge in [0.15, 0.2) is 5.13 Å². The average Bonchev–Trinajstić information content (AvgIpc) is 2.95. The quantitative estimate of drug-likeness (QED) is 0.536. The van der Waals surface area contributed by atoms with Crippen LogP contribution in [0.3, 0.4) is 0 Å². The number of fused-ring (bicyclic) bond motifs is 1. The van der Waals surface area contributed by atoms with E-state index < -0.39 is 10.8 Å². The first-order valence-corrected chi connectivity index (χ1v) is 8.40. The molecule has 0 aliphatic heterocycles. The van der Waals surface area contributed by atoms with Crippen molar-refractivity contribution in [1.29, 1.82) is 0 Å². The van der Waals surface area contributed by atoms with Gasteiger partial charge in [-0.2, -0.15) is 0 Å². The number of carbonyl (C=O) groups is 2. The van der Waals surface area contributed by atoms with Gasteiger partial charge in [0, 0.05) is 29.8 Å². The number of carbonyl (C=O) groups excluding carboxylic acids is 2. The van der Waals surface area contributed by atoms with Crippen LogP contribution in [0.2, 0.25) is 0 Å². The van der Waals surface area contributed by atoms with Gasteiger partial charge in [0.25, 0.3) is 11.6 Å². The van der Waals surface area contributed by atoms with Crippen molar-refractivity contribution in [3.8, 4) is 0 Å². The topological polar surface area (TPSA) is 114 Å². The number of benzene rings is 2. The van der Waals surface area contributed by atoms with Gasteiger partial charge in [-0.15, -0.1) is 0 Å². The summed E-state index contributed by atoms with van der Waals surface area (Å²) >= 11 is 1.27. The van der Waals surface area contributed by atoms with Gasteiger partial charge < -0.3 is 5.32 Å². The van der Waals surface area contributed by atoms with Crippen molar-refractivity contribution >= 4 is 49.9 Å². The van der Waals surface area contributed by atoms with Crippen LogP contribution >= 0.6 is 11.3 Å². The van der Waals surface area contributed by atoms with Crippen molar-refractivity contribution in [3.63, 3.8) is 0 Å². The van der Waals surface area contributed by atoms with Gasteiger partial charge in [-0.1, -0.05) is 11.3 Å². The number of nitrogens with zero attached hydrogens (tertiary/aromatic N) is 2. The predicted molar refractivity (Wildman–Crippen MR) is 99.7 cm³/mol. The van der Waals surface area contributed by atoms with E-state index in [2.05, 4.69) is 15.6 Å². The minimum Gasteiger partial charge on any atom is -0.326 e. The molecule has 2 amide bonds. The molecule has 1 heterocycles. The average molecular weight is 370 g/mol. The molecular formula is C17H14N4O4S. The number of nitro benzene ring substituents is 1. The van der Waals surface area contributed by atoms with E-state index in [1.165, 1.54) is 36.5 Å². The maximum absolute atomic E-state index is 12.4. The maximum atomic E-state index is 12.4. The summed E-state index contributed by atoms with van der Waals surface area (Å²) in [4.78, 5) is 38.2. The molecule has 8 nitrogen and oxygen atoms in total. The molecule has 0 bridgehead atoms. The van der Waals surface area contributed by atoms with Gasteiger partial charge in [-0.25, -0.2) is 4.98 Å². The third kappa shape index (κ3) is 3.67. The SMILES string of the molecule is CC(=O)Nc1ccc2nc(NC(=O)c3ccc([N+](=O)[O-])c(C)c3)sc2c1. The molecule has 0 aliphatic carbocycles. The molecule has 0 atom stereocenters. The highest BCUT2D eigenvalue weighted by Gasteiger charge is 2.15. The van der Waals surface area contributed by atoms with Gasteiger partial charge in [-0.05, 0) is 37.3 Å². The van der Waals surface area contributed by atoms with Crippen molar-refractivity contribution in [2.24, 2.45) is 0 Å². The first-order valence-electron chi connectivity index (χ1n) is 7.58. The van der Waals surface area contributed by atoms with Crippen LogP contribution < -0.4 is 10.6 Å². The van der Waals surface area contributed by atoms with E-state index in [9.17, 15) is 19.7 Å². The molecule has 0 saturated carbocycles. The highest BCUT2D eigenvalue weighted by Crippen LogP contribution is 2.29. The molecule has 0 spiro atoms. The van der Waals surface area contributed by atoms with Gasteiger partial charge >= 0.3 is 0 Å². The summed E-state index contributed by atoms with van der Waals surface area (Å²) < 4.78 is 0.812. The number of nitro groups is 1. The van der Waals surface area contributed by atoms with E-state index in [4.69, 9.17) is 0 Å². The lowest BCUT2D eigenvalue weighted by molar-refractivity contribution is -0.385. The fraction of sp³-hybridized carbons (Fsp3) is 0.118. The third-order valence-corrected chi connectivity index (χ3v) is 4.52. The van der Waals surface area contributed by atoms with Crippen LogP contribution in [0.1, 0.15) is 22.8 Å². The lowest BCUT2D eigenvalue weighted by Gasteiger charge is -2.03. The second-order valence-corrected chi connectivity index (χ2v) is 6.63. The Kier molecular flexibility index (Phi) is 4.63. The first kappa shape index (κ1) is 17.5. The van der Waals surface area contributed by atoms with Crippen LogP contribution in [0.15, 0.2) is 36.4 Å². The Morgan fingerprint density at radius 3 is 2.58 bits per heavy atom.